The van der Waals surface area contributed by atoms with E-state index in [2.05, 4.69) is 10.2 Å². The number of carbonyl (C=O) groups is 1. The highest BCUT2D eigenvalue weighted by atomic mass is 32.1. The van der Waals surface area contributed by atoms with Gasteiger partial charge in [-0.05, 0) is 27.7 Å². The molecule has 1 aliphatic heterocycles. The molecular formula is C10H15N3O3S. The van der Waals surface area contributed by atoms with E-state index in [9.17, 15) is 9.90 Å². The molecule has 17 heavy (non-hydrogen) atoms. The number of hydrogen-bond donors (Lipinski definition) is 1. The quantitative estimate of drug-likeness (QED) is 0.830. The third kappa shape index (κ3) is 1.79. The van der Waals surface area contributed by atoms with Crippen molar-refractivity contribution in [2.75, 3.05) is 6.61 Å². The first-order valence-electron chi connectivity index (χ1n) is 5.25. The van der Waals surface area contributed by atoms with Crippen LogP contribution in [0.15, 0.2) is 0 Å². The summed E-state index contributed by atoms with van der Waals surface area (Å²) in [5, 5.41) is 18.8. The van der Waals surface area contributed by atoms with Gasteiger partial charge in [0.25, 0.3) is 0 Å². The van der Waals surface area contributed by atoms with Crippen molar-refractivity contribution in [1.29, 1.82) is 0 Å². The van der Waals surface area contributed by atoms with Crippen molar-refractivity contribution in [3.05, 3.63) is 10.0 Å². The summed E-state index contributed by atoms with van der Waals surface area (Å²) in [4.78, 5) is 12.7. The van der Waals surface area contributed by atoms with Gasteiger partial charge in [0, 0.05) is 0 Å². The molecule has 1 saturated heterocycles. The lowest BCUT2D eigenvalue weighted by Crippen LogP contribution is -2.51. The normalized spacial score (nSPS) is 27.4. The third-order valence-electron chi connectivity index (χ3n) is 2.92. The maximum atomic E-state index is 11.4. The summed E-state index contributed by atoms with van der Waals surface area (Å²) in [7, 11) is 0. The highest BCUT2D eigenvalue weighted by molar-refractivity contribution is 7.11. The Balaban J connectivity index is 2.47. The minimum atomic E-state index is -1.01. The van der Waals surface area contributed by atoms with Gasteiger partial charge in [-0.3, -0.25) is 4.90 Å². The number of ether oxygens (including phenoxy) is 1. The van der Waals surface area contributed by atoms with E-state index in [1.807, 2.05) is 13.8 Å². The number of carboxylic acid groups (broad SMARTS) is 1. The maximum Gasteiger partial charge on any atom is 0.410 e. The first-order valence-corrected chi connectivity index (χ1v) is 6.07. The van der Waals surface area contributed by atoms with E-state index in [0.717, 1.165) is 5.01 Å². The number of rotatable bonds is 1. The number of amides is 1. The second-order valence-electron chi connectivity index (χ2n) is 4.75. The Morgan fingerprint density at radius 3 is 2.59 bits per heavy atom. The molecule has 1 amide bonds. The van der Waals surface area contributed by atoms with Gasteiger partial charge < -0.3 is 9.84 Å². The van der Waals surface area contributed by atoms with Crippen molar-refractivity contribution in [3.63, 3.8) is 0 Å². The third-order valence-corrected chi connectivity index (χ3v) is 4.01. The molecule has 2 heterocycles. The molecule has 2 rings (SSSR count). The topological polar surface area (TPSA) is 75.6 Å². The Bertz CT molecular complexity index is 459. The van der Waals surface area contributed by atoms with Gasteiger partial charge in [0.1, 0.15) is 21.3 Å². The summed E-state index contributed by atoms with van der Waals surface area (Å²) in [5.41, 5.74) is -1.61. The fourth-order valence-corrected chi connectivity index (χ4v) is 2.97. The molecule has 0 aliphatic carbocycles. The molecule has 94 valence electrons. The lowest BCUT2D eigenvalue weighted by Gasteiger charge is -2.35. The molecule has 0 unspecified atom stereocenters. The second kappa shape index (κ2) is 3.64. The maximum absolute atomic E-state index is 11.4. The zero-order chi connectivity index (χ0) is 12.8. The summed E-state index contributed by atoms with van der Waals surface area (Å²) in [6.07, 6.45) is -1.01. The summed E-state index contributed by atoms with van der Waals surface area (Å²) in [5.74, 6) is 0. The van der Waals surface area contributed by atoms with Crippen LogP contribution >= 0.6 is 11.3 Å². The van der Waals surface area contributed by atoms with Crippen LogP contribution < -0.4 is 0 Å². The number of aryl methyl sites for hydroxylation is 1. The van der Waals surface area contributed by atoms with Gasteiger partial charge in [-0.15, -0.1) is 10.2 Å². The SMILES string of the molecule is Cc1nnc([C@]2(C)COC(C)(C)N2C(=O)O)s1. The van der Waals surface area contributed by atoms with E-state index >= 15 is 0 Å². The van der Waals surface area contributed by atoms with Crippen LogP contribution in [0.25, 0.3) is 0 Å². The van der Waals surface area contributed by atoms with Crippen LogP contribution in [-0.4, -0.2) is 38.6 Å². The fraction of sp³-hybridized carbons (Fsp3) is 0.700. The van der Waals surface area contributed by atoms with Crippen molar-refractivity contribution in [2.24, 2.45) is 0 Å². The van der Waals surface area contributed by atoms with E-state index in [0.29, 0.717) is 11.6 Å². The molecule has 0 aromatic carbocycles. The number of nitrogens with zero attached hydrogens (tertiary/aromatic N) is 3. The molecule has 1 aliphatic rings. The van der Waals surface area contributed by atoms with Crippen LogP contribution in [0.2, 0.25) is 0 Å². The molecule has 1 aromatic rings. The van der Waals surface area contributed by atoms with Gasteiger partial charge in [0.05, 0.1) is 6.61 Å². The van der Waals surface area contributed by atoms with E-state index in [4.69, 9.17) is 4.74 Å². The summed E-state index contributed by atoms with van der Waals surface area (Å²) >= 11 is 1.40. The molecule has 6 nitrogen and oxygen atoms in total. The summed E-state index contributed by atoms with van der Waals surface area (Å²) < 4.78 is 5.58. The van der Waals surface area contributed by atoms with Crippen molar-refractivity contribution in [1.82, 2.24) is 15.1 Å². The lowest BCUT2D eigenvalue weighted by atomic mass is 10.0. The standard InChI is InChI=1S/C10H15N3O3S/c1-6-11-12-7(17-6)10(4)5-16-9(2,3)13(10)8(14)15/h5H2,1-4H3,(H,14,15)/t10-/m0/s1. The van der Waals surface area contributed by atoms with Gasteiger partial charge in [-0.2, -0.15) is 0 Å². The lowest BCUT2D eigenvalue weighted by molar-refractivity contribution is -0.0466. The first kappa shape index (κ1) is 12.3. The first-order chi connectivity index (χ1) is 7.77. The zero-order valence-electron chi connectivity index (χ0n) is 10.2. The van der Waals surface area contributed by atoms with Gasteiger partial charge >= 0.3 is 6.09 Å². The molecule has 1 fully saturated rings. The fourth-order valence-electron chi connectivity index (χ4n) is 2.15. The van der Waals surface area contributed by atoms with Gasteiger partial charge in [0.15, 0.2) is 0 Å². The Morgan fingerprint density at radius 1 is 1.47 bits per heavy atom. The molecule has 0 spiro atoms. The largest absolute Gasteiger partial charge is 0.465 e. The van der Waals surface area contributed by atoms with E-state index in [1.165, 1.54) is 16.2 Å². The number of aromatic nitrogens is 2. The van der Waals surface area contributed by atoms with Gasteiger partial charge in [-0.25, -0.2) is 4.79 Å². The monoisotopic (exact) mass is 257 g/mol. The second-order valence-corrected chi connectivity index (χ2v) is 5.94. The highest BCUT2D eigenvalue weighted by Gasteiger charge is 2.54. The number of hydrogen-bond acceptors (Lipinski definition) is 5. The molecule has 1 N–H and O–H groups in total. The van der Waals surface area contributed by atoms with Crippen molar-refractivity contribution < 1.29 is 14.6 Å². The summed E-state index contributed by atoms with van der Waals surface area (Å²) in [6.45, 7) is 7.42. The van der Waals surface area contributed by atoms with Crippen LogP contribution in [0.3, 0.4) is 0 Å². The van der Waals surface area contributed by atoms with Crippen LogP contribution in [-0.2, 0) is 10.3 Å². The van der Waals surface area contributed by atoms with E-state index < -0.39 is 17.4 Å². The average Bonchev–Trinajstić information content (AvgIpc) is 2.70. The zero-order valence-corrected chi connectivity index (χ0v) is 11.0. The van der Waals surface area contributed by atoms with E-state index in [-0.39, 0.29) is 0 Å². The molecule has 0 radical (unpaired) electrons. The molecule has 0 saturated carbocycles. The Morgan fingerprint density at radius 2 is 2.12 bits per heavy atom. The minimum absolute atomic E-state index is 0.293. The van der Waals surface area contributed by atoms with Crippen molar-refractivity contribution in [2.45, 2.75) is 39.0 Å². The van der Waals surface area contributed by atoms with Crippen molar-refractivity contribution >= 4 is 17.4 Å². The predicted octanol–water partition coefficient (Wildman–Crippen LogP) is 1.81. The summed E-state index contributed by atoms with van der Waals surface area (Å²) in [6, 6.07) is 0. The molecule has 1 atom stereocenters. The average molecular weight is 257 g/mol. The van der Waals surface area contributed by atoms with E-state index in [1.54, 1.807) is 13.8 Å². The molecular weight excluding hydrogens is 242 g/mol. The Kier molecular flexibility index (Phi) is 2.62. The Labute approximate surface area is 103 Å². The molecule has 0 bridgehead atoms. The Hall–Kier alpha value is -1.21. The predicted molar refractivity (Wildman–Crippen MR) is 61.9 cm³/mol. The molecule has 1 aromatic heterocycles. The van der Waals surface area contributed by atoms with Gasteiger partial charge in [0.2, 0.25) is 0 Å². The minimum Gasteiger partial charge on any atom is -0.465 e. The van der Waals surface area contributed by atoms with Crippen molar-refractivity contribution in [3.8, 4) is 0 Å². The smallest absolute Gasteiger partial charge is 0.410 e. The van der Waals surface area contributed by atoms with Gasteiger partial charge in [-0.1, -0.05) is 11.3 Å². The van der Waals surface area contributed by atoms with Crippen LogP contribution in [0, 0.1) is 6.92 Å². The highest BCUT2D eigenvalue weighted by Crippen LogP contribution is 2.42. The molecule has 7 heteroatoms. The van der Waals surface area contributed by atoms with Crippen LogP contribution in [0.5, 0.6) is 0 Å². The van der Waals surface area contributed by atoms with Crippen LogP contribution in [0.4, 0.5) is 4.79 Å². The van der Waals surface area contributed by atoms with Crippen LogP contribution in [0.1, 0.15) is 30.8 Å².